The summed E-state index contributed by atoms with van der Waals surface area (Å²) < 4.78 is 18.6. The number of rotatable bonds is 8. The van der Waals surface area contributed by atoms with Crippen molar-refractivity contribution in [1.82, 2.24) is 5.32 Å². The molecule has 2 unspecified atom stereocenters. The van der Waals surface area contributed by atoms with E-state index in [0.717, 1.165) is 11.6 Å². The van der Waals surface area contributed by atoms with Crippen LogP contribution in [0.15, 0.2) is 48.5 Å². The van der Waals surface area contributed by atoms with Gasteiger partial charge in [0.2, 0.25) is 0 Å². The second-order valence-electron chi connectivity index (χ2n) is 5.74. The number of hydrogen-bond donors (Lipinski definition) is 2. The van der Waals surface area contributed by atoms with Crippen molar-refractivity contribution in [3.8, 4) is 5.75 Å². The average molecular weight is 380 g/mol. The average Bonchev–Trinajstić information content (AvgIpc) is 2.61. The maximum Gasteiger partial charge on any atom is 0.303 e. The fourth-order valence-corrected chi connectivity index (χ4v) is 2.59. The lowest BCUT2D eigenvalue weighted by Gasteiger charge is -2.22. The number of halogens is 2. The van der Waals surface area contributed by atoms with Gasteiger partial charge in [-0.25, -0.2) is 4.39 Å². The highest BCUT2D eigenvalue weighted by Gasteiger charge is 2.21. The number of aliphatic carboxylic acids is 1. The third kappa shape index (κ3) is 5.74. The van der Waals surface area contributed by atoms with Gasteiger partial charge in [-0.15, -0.1) is 0 Å². The zero-order chi connectivity index (χ0) is 19.1. The van der Waals surface area contributed by atoms with Crippen LogP contribution >= 0.6 is 11.6 Å². The first kappa shape index (κ1) is 19.7. The summed E-state index contributed by atoms with van der Waals surface area (Å²) in [5.41, 5.74) is 0.800. The SMILES string of the molecule is CC(Oc1ccc(F)cc1Cl)C(=O)NC(CCC(=O)O)c1ccccc1. The summed E-state index contributed by atoms with van der Waals surface area (Å²) in [5, 5.41) is 11.8. The molecule has 0 aliphatic rings. The molecule has 0 aromatic heterocycles. The third-order valence-electron chi connectivity index (χ3n) is 3.73. The molecule has 0 aliphatic heterocycles. The van der Waals surface area contributed by atoms with Gasteiger partial charge in [0.05, 0.1) is 11.1 Å². The molecule has 0 radical (unpaired) electrons. The number of carbonyl (C=O) groups is 2. The molecule has 0 aliphatic carbocycles. The van der Waals surface area contributed by atoms with Crippen molar-refractivity contribution in [2.75, 3.05) is 0 Å². The van der Waals surface area contributed by atoms with Crippen LogP contribution in [0.25, 0.3) is 0 Å². The monoisotopic (exact) mass is 379 g/mol. The van der Waals surface area contributed by atoms with Gasteiger partial charge < -0.3 is 15.2 Å². The Hall–Kier alpha value is -2.60. The number of nitrogens with one attached hydrogen (secondary N) is 1. The van der Waals surface area contributed by atoms with Crippen molar-refractivity contribution in [3.05, 3.63) is 64.9 Å². The van der Waals surface area contributed by atoms with Crippen molar-refractivity contribution in [3.63, 3.8) is 0 Å². The van der Waals surface area contributed by atoms with E-state index in [1.54, 1.807) is 0 Å². The summed E-state index contributed by atoms with van der Waals surface area (Å²) >= 11 is 5.90. The second-order valence-corrected chi connectivity index (χ2v) is 6.15. The van der Waals surface area contributed by atoms with E-state index < -0.39 is 29.8 Å². The number of hydrogen-bond acceptors (Lipinski definition) is 3. The number of carboxylic acids is 1. The Labute approximate surface area is 155 Å². The number of carbonyl (C=O) groups excluding carboxylic acids is 1. The van der Waals surface area contributed by atoms with E-state index in [4.69, 9.17) is 21.4 Å². The summed E-state index contributed by atoms with van der Waals surface area (Å²) in [7, 11) is 0. The Balaban J connectivity index is 2.06. The molecule has 0 heterocycles. The fraction of sp³-hybridized carbons (Fsp3) is 0.263. The molecule has 7 heteroatoms. The Morgan fingerprint density at radius 1 is 1.23 bits per heavy atom. The van der Waals surface area contributed by atoms with Gasteiger partial charge in [-0.05, 0) is 37.1 Å². The minimum Gasteiger partial charge on any atom is -0.481 e. The summed E-state index contributed by atoms with van der Waals surface area (Å²) in [5.74, 6) is -1.68. The Morgan fingerprint density at radius 2 is 1.92 bits per heavy atom. The number of carboxylic acid groups (broad SMARTS) is 1. The molecule has 26 heavy (non-hydrogen) atoms. The van der Waals surface area contributed by atoms with Crippen LogP contribution in [0.5, 0.6) is 5.75 Å². The molecule has 0 saturated heterocycles. The van der Waals surface area contributed by atoms with Gasteiger partial charge in [-0.1, -0.05) is 41.9 Å². The highest BCUT2D eigenvalue weighted by molar-refractivity contribution is 6.32. The Kier molecular flexibility index (Phi) is 6.97. The van der Waals surface area contributed by atoms with E-state index in [-0.39, 0.29) is 23.6 Å². The molecule has 0 bridgehead atoms. The van der Waals surface area contributed by atoms with Gasteiger partial charge in [0, 0.05) is 6.42 Å². The summed E-state index contributed by atoms with van der Waals surface area (Å²) in [6.07, 6.45) is -0.734. The van der Waals surface area contributed by atoms with Gasteiger partial charge >= 0.3 is 5.97 Å². The standard InChI is InChI=1S/C19H19ClFNO4/c1-12(26-17-9-7-14(21)11-15(17)20)19(25)22-16(8-10-18(23)24)13-5-3-2-4-6-13/h2-7,9,11-12,16H,8,10H2,1H3,(H,22,25)(H,23,24). The molecule has 1 amide bonds. The predicted molar refractivity (Wildman–Crippen MR) is 95.7 cm³/mol. The zero-order valence-corrected chi connectivity index (χ0v) is 14.9. The van der Waals surface area contributed by atoms with Crippen LogP contribution in [-0.4, -0.2) is 23.1 Å². The van der Waals surface area contributed by atoms with Crippen molar-refractivity contribution in [1.29, 1.82) is 0 Å². The smallest absolute Gasteiger partial charge is 0.303 e. The van der Waals surface area contributed by atoms with Crippen LogP contribution in [-0.2, 0) is 9.59 Å². The maximum atomic E-state index is 13.1. The molecule has 2 rings (SSSR count). The molecule has 5 nitrogen and oxygen atoms in total. The topological polar surface area (TPSA) is 75.6 Å². The highest BCUT2D eigenvalue weighted by Crippen LogP contribution is 2.26. The van der Waals surface area contributed by atoms with E-state index in [2.05, 4.69) is 5.32 Å². The lowest BCUT2D eigenvalue weighted by atomic mass is 10.0. The van der Waals surface area contributed by atoms with Gasteiger partial charge in [0.15, 0.2) is 6.10 Å². The second kappa shape index (κ2) is 9.20. The van der Waals surface area contributed by atoms with Crippen LogP contribution in [0.3, 0.4) is 0 Å². The van der Waals surface area contributed by atoms with Crippen molar-refractivity contribution < 1.29 is 23.8 Å². The lowest BCUT2D eigenvalue weighted by Crippen LogP contribution is -2.38. The Bertz CT molecular complexity index is 769. The summed E-state index contributed by atoms with van der Waals surface area (Å²) in [6.45, 7) is 1.54. The summed E-state index contributed by atoms with van der Waals surface area (Å²) in [6, 6.07) is 12.3. The lowest BCUT2D eigenvalue weighted by molar-refractivity contribution is -0.137. The number of amides is 1. The van der Waals surface area contributed by atoms with Crippen LogP contribution in [0.2, 0.25) is 5.02 Å². The van der Waals surface area contributed by atoms with Crippen molar-refractivity contribution in [2.24, 2.45) is 0 Å². The van der Waals surface area contributed by atoms with E-state index in [1.807, 2.05) is 30.3 Å². The highest BCUT2D eigenvalue weighted by atomic mass is 35.5. The molecule has 2 aromatic carbocycles. The molecular formula is C19H19ClFNO4. The minimum atomic E-state index is -0.942. The molecule has 2 aromatic rings. The first-order chi connectivity index (χ1) is 12.4. The number of ether oxygens (including phenoxy) is 1. The van der Waals surface area contributed by atoms with E-state index in [1.165, 1.54) is 19.1 Å². The molecule has 2 N–H and O–H groups in total. The van der Waals surface area contributed by atoms with Crippen LogP contribution in [0, 0.1) is 5.82 Å². The number of benzene rings is 2. The zero-order valence-electron chi connectivity index (χ0n) is 14.1. The fourth-order valence-electron chi connectivity index (χ4n) is 2.38. The Morgan fingerprint density at radius 3 is 2.54 bits per heavy atom. The molecule has 0 spiro atoms. The molecule has 0 saturated carbocycles. The van der Waals surface area contributed by atoms with E-state index in [9.17, 15) is 14.0 Å². The molecule has 2 atom stereocenters. The quantitative estimate of drug-likeness (QED) is 0.727. The largest absolute Gasteiger partial charge is 0.481 e. The normalized spacial score (nSPS) is 12.9. The summed E-state index contributed by atoms with van der Waals surface area (Å²) in [4.78, 5) is 23.3. The van der Waals surface area contributed by atoms with Gasteiger partial charge in [-0.3, -0.25) is 9.59 Å². The third-order valence-corrected chi connectivity index (χ3v) is 4.03. The van der Waals surface area contributed by atoms with Crippen LogP contribution in [0.1, 0.15) is 31.4 Å². The van der Waals surface area contributed by atoms with E-state index in [0.29, 0.717) is 0 Å². The predicted octanol–water partition coefficient (Wildman–Crippen LogP) is 3.97. The van der Waals surface area contributed by atoms with E-state index >= 15 is 0 Å². The van der Waals surface area contributed by atoms with Gasteiger partial charge in [0.25, 0.3) is 5.91 Å². The minimum absolute atomic E-state index is 0.0649. The molecular weight excluding hydrogens is 361 g/mol. The van der Waals surface area contributed by atoms with Crippen LogP contribution in [0.4, 0.5) is 4.39 Å². The van der Waals surface area contributed by atoms with Crippen molar-refractivity contribution in [2.45, 2.75) is 31.9 Å². The van der Waals surface area contributed by atoms with Crippen LogP contribution < -0.4 is 10.1 Å². The first-order valence-corrected chi connectivity index (χ1v) is 8.43. The first-order valence-electron chi connectivity index (χ1n) is 8.05. The molecule has 0 fully saturated rings. The van der Waals surface area contributed by atoms with Crippen molar-refractivity contribution >= 4 is 23.5 Å². The maximum absolute atomic E-state index is 13.1. The molecule has 138 valence electrons. The van der Waals surface area contributed by atoms with Gasteiger partial charge in [0.1, 0.15) is 11.6 Å². The van der Waals surface area contributed by atoms with Gasteiger partial charge in [-0.2, -0.15) is 0 Å².